The highest BCUT2D eigenvalue weighted by Crippen LogP contribution is 2.20. The lowest BCUT2D eigenvalue weighted by Gasteiger charge is -2.36. The number of nitrogens with zero attached hydrogens (tertiary/aromatic N) is 3. The van der Waals surface area contributed by atoms with Crippen LogP contribution in [0.25, 0.3) is 0 Å². The van der Waals surface area contributed by atoms with Gasteiger partial charge in [0.1, 0.15) is 11.4 Å². The molecule has 1 aromatic carbocycles. The first-order valence-corrected chi connectivity index (χ1v) is 12.1. The molecule has 0 atom stereocenters. The monoisotopic (exact) mass is 460 g/mol. The Morgan fingerprint density at radius 3 is 2.25 bits per heavy atom. The zero-order valence-corrected chi connectivity index (χ0v) is 19.5. The number of carbonyl (C=O) groups is 2. The molecule has 1 N–H and O–H groups in total. The molecule has 1 aromatic heterocycles. The summed E-state index contributed by atoms with van der Waals surface area (Å²) in [5, 5.41) is 2.64. The van der Waals surface area contributed by atoms with Gasteiger partial charge in [-0.05, 0) is 45.0 Å². The Balaban J connectivity index is 1.61. The Morgan fingerprint density at radius 1 is 1.03 bits per heavy atom. The lowest BCUT2D eigenvalue weighted by molar-refractivity contribution is 0.0240. The van der Waals surface area contributed by atoms with Crippen LogP contribution in [-0.4, -0.2) is 68.3 Å². The maximum atomic E-state index is 12.6. The molecule has 0 radical (unpaired) electrons. The van der Waals surface area contributed by atoms with Crippen molar-refractivity contribution < 1.29 is 22.7 Å². The van der Waals surface area contributed by atoms with Crippen molar-refractivity contribution in [3.63, 3.8) is 0 Å². The number of carbonyl (C=O) groups excluding carboxylic acids is 2. The molecule has 3 rings (SSSR count). The van der Waals surface area contributed by atoms with Gasteiger partial charge >= 0.3 is 6.09 Å². The zero-order chi connectivity index (χ0) is 23.5. The Hall–Kier alpha value is -3.14. The third-order valence-corrected chi connectivity index (χ3v) is 5.97. The van der Waals surface area contributed by atoms with Crippen LogP contribution in [0.3, 0.4) is 0 Å². The molecule has 2 aromatic rings. The van der Waals surface area contributed by atoms with Crippen LogP contribution in [0, 0.1) is 0 Å². The van der Waals surface area contributed by atoms with Crippen molar-refractivity contribution in [2.75, 3.05) is 42.7 Å². The summed E-state index contributed by atoms with van der Waals surface area (Å²) in [5.74, 6) is -0.230. The van der Waals surface area contributed by atoms with Gasteiger partial charge < -0.3 is 19.9 Å². The van der Waals surface area contributed by atoms with E-state index in [0.29, 0.717) is 32.0 Å². The number of sulfone groups is 1. The molecular weight excluding hydrogens is 432 g/mol. The van der Waals surface area contributed by atoms with Gasteiger partial charge in [0.05, 0.1) is 22.3 Å². The average molecular weight is 461 g/mol. The molecular formula is C22H28N4O5S. The van der Waals surface area contributed by atoms with Crippen molar-refractivity contribution >= 4 is 33.3 Å². The van der Waals surface area contributed by atoms with E-state index >= 15 is 0 Å². The fourth-order valence-corrected chi connectivity index (χ4v) is 4.17. The van der Waals surface area contributed by atoms with Gasteiger partial charge in [-0.1, -0.05) is 12.1 Å². The lowest BCUT2D eigenvalue weighted by Crippen LogP contribution is -2.50. The number of amides is 2. The largest absolute Gasteiger partial charge is 0.444 e. The van der Waals surface area contributed by atoms with Gasteiger partial charge in [-0.3, -0.25) is 4.79 Å². The van der Waals surface area contributed by atoms with Gasteiger partial charge in [0.2, 0.25) is 0 Å². The molecule has 2 heterocycles. The first-order chi connectivity index (χ1) is 14.9. The molecule has 1 saturated heterocycles. The predicted molar refractivity (Wildman–Crippen MR) is 122 cm³/mol. The molecule has 0 aliphatic carbocycles. The molecule has 0 saturated carbocycles. The van der Waals surface area contributed by atoms with Crippen LogP contribution >= 0.6 is 0 Å². The Kier molecular flexibility index (Phi) is 6.73. The number of hydrogen-bond acceptors (Lipinski definition) is 7. The topological polar surface area (TPSA) is 109 Å². The molecule has 0 spiro atoms. The molecule has 172 valence electrons. The van der Waals surface area contributed by atoms with Crippen molar-refractivity contribution in [2.45, 2.75) is 31.3 Å². The first kappa shape index (κ1) is 23.5. The van der Waals surface area contributed by atoms with E-state index in [1.54, 1.807) is 29.3 Å². The summed E-state index contributed by atoms with van der Waals surface area (Å²) >= 11 is 0. The van der Waals surface area contributed by atoms with Crippen LogP contribution in [0.2, 0.25) is 0 Å². The number of hydrogen-bond donors (Lipinski definition) is 1. The molecule has 10 heteroatoms. The quantitative estimate of drug-likeness (QED) is 0.747. The second-order valence-electron chi connectivity index (χ2n) is 8.58. The van der Waals surface area contributed by atoms with Crippen LogP contribution in [-0.2, 0) is 14.6 Å². The van der Waals surface area contributed by atoms with E-state index in [0.717, 1.165) is 11.9 Å². The lowest BCUT2D eigenvalue weighted by atomic mass is 10.2. The summed E-state index contributed by atoms with van der Waals surface area (Å²) in [6.07, 6.45) is 2.39. The number of piperazine rings is 1. The smallest absolute Gasteiger partial charge is 0.410 e. The Labute approximate surface area is 188 Å². The minimum atomic E-state index is -3.54. The van der Waals surface area contributed by atoms with E-state index < -0.39 is 21.3 Å². The van der Waals surface area contributed by atoms with Crippen molar-refractivity contribution in [1.82, 2.24) is 9.88 Å². The summed E-state index contributed by atoms with van der Waals surface area (Å²) in [6.45, 7) is 7.86. The van der Waals surface area contributed by atoms with Crippen LogP contribution in [0.1, 0.15) is 31.1 Å². The number of pyridine rings is 1. The number of benzene rings is 1. The Bertz CT molecular complexity index is 1090. The maximum Gasteiger partial charge on any atom is 0.410 e. The molecule has 9 nitrogen and oxygen atoms in total. The standard InChI is InChI=1S/C22H28N4O5S/c1-22(2,3)31-21(28)26-13-11-25(12-14-26)16-9-10-19(23-15-16)24-20(27)17-7-5-6-8-18(17)32(4,29)30/h5-10,15H,11-14H2,1-4H3,(H,23,24,27). The molecule has 1 aliphatic rings. The van der Waals surface area contributed by atoms with E-state index in [1.165, 1.54) is 12.1 Å². The van der Waals surface area contributed by atoms with Crippen molar-refractivity contribution in [2.24, 2.45) is 0 Å². The van der Waals surface area contributed by atoms with Crippen LogP contribution in [0.4, 0.5) is 16.3 Å². The Morgan fingerprint density at radius 2 is 1.69 bits per heavy atom. The van der Waals surface area contributed by atoms with Crippen molar-refractivity contribution in [3.05, 3.63) is 48.2 Å². The van der Waals surface area contributed by atoms with Gasteiger partial charge in [-0.25, -0.2) is 18.2 Å². The minimum Gasteiger partial charge on any atom is -0.444 e. The zero-order valence-electron chi connectivity index (χ0n) is 18.7. The number of ether oxygens (including phenoxy) is 1. The van der Waals surface area contributed by atoms with E-state index in [1.807, 2.05) is 26.8 Å². The van der Waals surface area contributed by atoms with Gasteiger partial charge in [-0.2, -0.15) is 0 Å². The highest BCUT2D eigenvalue weighted by atomic mass is 32.2. The fourth-order valence-electron chi connectivity index (χ4n) is 3.28. The number of aromatic nitrogens is 1. The predicted octanol–water partition coefficient (Wildman–Crippen LogP) is 2.79. The number of rotatable bonds is 4. The van der Waals surface area contributed by atoms with E-state index in [4.69, 9.17) is 4.74 Å². The molecule has 32 heavy (non-hydrogen) atoms. The number of anilines is 2. The third-order valence-electron chi connectivity index (χ3n) is 4.82. The summed E-state index contributed by atoms with van der Waals surface area (Å²) < 4.78 is 29.3. The van der Waals surface area contributed by atoms with E-state index in [9.17, 15) is 18.0 Å². The van der Waals surface area contributed by atoms with Gasteiger partial charge in [0.15, 0.2) is 9.84 Å². The SMILES string of the molecule is CC(C)(C)OC(=O)N1CCN(c2ccc(NC(=O)c3ccccc3S(C)(=O)=O)nc2)CC1. The van der Waals surface area contributed by atoms with Gasteiger partial charge in [0.25, 0.3) is 5.91 Å². The highest BCUT2D eigenvalue weighted by Gasteiger charge is 2.26. The molecule has 0 unspecified atom stereocenters. The normalized spacial score (nSPS) is 14.8. The van der Waals surface area contributed by atoms with Gasteiger partial charge in [0, 0.05) is 32.4 Å². The summed E-state index contributed by atoms with van der Waals surface area (Å²) in [6, 6.07) is 9.53. The minimum absolute atomic E-state index is 0.0306. The maximum absolute atomic E-state index is 12.6. The molecule has 2 amide bonds. The van der Waals surface area contributed by atoms with Crippen LogP contribution in [0.15, 0.2) is 47.5 Å². The highest BCUT2D eigenvalue weighted by molar-refractivity contribution is 7.90. The molecule has 1 fully saturated rings. The summed E-state index contributed by atoms with van der Waals surface area (Å²) in [4.78, 5) is 32.8. The average Bonchev–Trinajstić information content (AvgIpc) is 2.72. The molecule has 1 aliphatic heterocycles. The van der Waals surface area contributed by atoms with Crippen LogP contribution < -0.4 is 10.2 Å². The van der Waals surface area contributed by atoms with Gasteiger partial charge in [-0.15, -0.1) is 0 Å². The van der Waals surface area contributed by atoms with Crippen LogP contribution in [0.5, 0.6) is 0 Å². The van der Waals surface area contributed by atoms with E-state index in [-0.39, 0.29) is 16.6 Å². The first-order valence-electron chi connectivity index (χ1n) is 10.2. The summed E-state index contributed by atoms with van der Waals surface area (Å²) in [5.41, 5.74) is 0.405. The third kappa shape index (κ3) is 5.97. The second-order valence-corrected chi connectivity index (χ2v) is 10.6. The second kappa shape index (κ2) is 9.15. The fraction of sp³-hybridized carbons (Fsp3) is 0.409. The number of nitrogens with one attached hydrogen (secondary N) is 1. The van der Waals surface area contributed by atoms with E-state index in [2.05, 4.69) is 15.2 Å². The summed E-state index contributed by atoms with van der Waals surface area (Å²) in [7, 11) is -3.54. The molecule has 0 bridgehead atoms. The van der Waals surface area contributed by atoms with Crippen molar-refractivity contribution in [1.29, 1.82) is 0 Å². The van der Waals surface area contributed by atoms with Crippen molar-refractivity contribution in [3.8, 4) is 0 Å².